The van der Waals surface area contributed by atoms with Gasteiger partial charge in [0, 0.05) is 32.2 Å². The van der Waals surface area contributed by atoms with Gasteiger partial charge in [-0.1, -0.05) is 12.1 Å². The van der Waals surface area contributed by atoms with Gasteiger partial charge in [0.05, 0.1) is 5.56 Å². The molecule has 0 bridgehead atoms. The zero-order chi connectivity index (χ0) is 16.1. The van der Waals surface area contributed by atoms with Crippen LogP contribution in [0.25, 0.3) is 0 Å². The number of nitrogens with zero attached hydrogens (tertiary/aromatic N) is 2. The summed E-state index contributed by atoms with van der Waals surface area (Å²) in [6.07, 6.45) is 0.686. The highest BCUT2D eigenvalue weighted by Crippen LogP contribution is 2.12. The molecule has 120 valence electrons. The lowest BCUT2D eigenvalue weighted by Crippen LogP contribution is -2.44. The standard InChI is InChI=1S/C16H22FN3O2/c1-12(2)18-16(22)20-9-5-8-19(10-11-20)15(21)13-6-3-4-7-14(13)17/h3-4,6-7,12H,5,8-11H2,1-2H3,(H,18,22). The highest BCUT2D eigenvalue weighted by atomic mass is 19.1. The Labute approximate surface area is 130 Å². The predicted octanol–water partition coefficient (Wildman–Crippen LogP) is 2.09. The number of urea groups is 1. The van der Waals surface area contributed by atoms with Gasteiger partial charge >= 0.3 is 6.03 Å². The van der Waals surface area contributed by atoms with E-state index in [0.29, 0.717) is 32.6 Å². The molecule has 0 aromatic heterocycles. The van der Waals surface area contributed by atoms with E-state index in [1.165, 1.54) is 12.1 Å². The van der Waals surface area contributed by atoms with Crippen molar-refractivity contribution >= 4 is 11.9 Å². The van der Waals surface area contributed by atoms with E-state index in [9.17, 15) is 14.0 Å². The van der Waals surface area contributed by atoms with Crippen molar-refractivity contribution in [2.45, 2.75) is 26.3 Å². The number of halogens is 1. The van der Waals surface area contributed by atoms with E-state index >= 15 is 0 Å². The molecule has 22 heavy (non-hydrogen) atoms. The van der Waals surface area contributed by atoms with Crippen LogP contribution in [0.5, 0.6) is 0 Å². The maximum Gasteiger partial charge on any atom is 0.317 e. The smallest absolute Gasteiger partial charge is 0.317 e. The third kappa shape index (κ3) is 3.96. The van der Waals surface area contributed by atoms with E-state index in [1.807, 2.05) is 13.8 Å². The molecule has 1 saturated heterocycles. The van der Waals surface area contributed by atoms with Crippen LogP contribution in [-0.4, -0.2) is 54.0 Å². The van der Waals surface area contributed by atoms with Crippen LogP contribution in [0, 0.1) is 5.82 Å². The van der Waals surface area contributed by atoms with Crippen molar-refractivity contribution in [1.82, 2.24) is 15.1 Å². The number of hydrogen-bond donors (Lipinski definition) is 1. The second-order valence-corrected chi connectivity index (χ2v) is 5.72. The zero-order valence-corrected chi connectivity index (χ0v) is 13.0. The Morgan fingerprint density at radius 1 is 1.09 bits per heavy atom. The summed E-state index contributed by atoms with van der Waals surface area (Å²) in [5.41, 5.74) is 0.0857. The number of carbonyl (C=O) groups excluding carboxylic acids is 2. The fourth-order valence-electron chi connectivity index (χ4n) is 2.47. The van der Waals surface area contributed by atoms with Crippen molar-refractivity contribution in [1.29, 1.82) is 0 Å². The van der Waals surface area contributed by atoms with Gasteiger partial charge in [-0.05, 0) is 32.4 Å². The average molecular weight is 307 g/mol. The van der Waals surface area contributed by atoms with E-state index in [2.05, 4.69) is 5.32 Å². The predicted molar refractivity (Wildman–Crippen MR) is 82.2 cm³/mol. The summed E-state index contributed by atoms with van der Waals surface area (Å²) in [6, 6.07) is 5.95. The fraction of sp³-hybridized carbons (Fsp3) is 0.500. The Morgan fingerprint density at radius 2 is 1.73 bits per heavy atom. The van der Waals surface area contributed by atoms with Crippen LogP contribution >= 0.6 is 0 Å². The van der Waals surface area contributed by atoms with Gasteiger partial charge in [-0.25, -0.2) is 9.18 Å². The Kier molecular flexibility index (Phi) is 5.35. The maximum atomic E-state index is 13.7. The Bertz CT molecular complexity index is 548. The molecule has 1 fully saturated rings. The maximum absolute atomic E-state index is 13.7. The topological polar surface area (TPSA) is 52.7 Å². The number of amides is 3. The van der Waals surface area contributed by atoms with Crippen LogP contribution in [0.2, 0.25) is 0 Å². The van der Waals surface area contributed by atoms with Crippen molar-refractivity contribution in [3.8, 4) is 0 Å². The number of nitrogens with one attached hydrogen (secondary N) is 1. The number of carbonyl (C=O) groups is 2. The molecule has 1 heterocycles. The van der Waals surface area contributed by atoms with Crippen LogP contribution < -0.4 is 5.32 Å². The number of rotatable bonds is 2. The molecule has 0 spiro atoms. The van der Waals surface area contributed by atoms with Gasteiger partial charge < -0.3 is 15.1 Å². The first-order chi connectivity index (χ1) is 10.5. The van der Waals surface area contributed by atoms with Crippen LogP contribution in [0.4, 0.5) is 9.18 Å². The lowest BCUT2D eigenvalue weighted by molar-refractivity contribution is 0.0757. The summed E-state index contributed by atoms with van der Waals surface area (Å²) in [4.78, 5) is 27.7. The van der Waals surface area contributed by atoms with Gasteiger partial charge in [0.2, 0.25) is 0 Å². The van der Waals surface area contributed by atoms with E-state index in [4.69, 9.17) is 0 Å². The van der Waals surface area contributed by atoms with Crippen molar-refractivity contribution in [3.05, 3.63) is 35.6 Å². The highest BCUT2D eigenvalue weighted by molar-refractivity contribution is 5.94. The van der Waals surface area contributed by atoms with Crippen molar-refractivity contribution < 1.29 is 14.0 Å². The van der Waals surface area contributed by atoms with Crippen molar-refractivity contribution in [3.63, 3.8) is 0 Å². The molecule has 6 heteroatoms. The Balaban J connectivity index is 2.00. The first kappa shape index (κ1) is 16.3. The molecule has 0 aliphatic carbocycles. The second-order valence-electron chi connectivity index (χ2n) is 5.72. The van der Waals surface area contributed by atoms with Gasteiger partial charge in [0.25, 0.3) is 5.91 Å². The highest BCUT2D eigenvalue weighted by Gasteiger charge is 2.24. The SMILES string of the molecule is CC(C)NC(=O)N1CCCN(C(=O)c2ccccc2F)CC1. The molecule has 1 N–H and O–H groups in total. The molecule has 0 atom stereocenters. The molecular weight excluding hydrogens is 285 g/mol. The largest absolute Gasteiger partial charge is 0.337 e. The van der Waals surface area contributed by atoms with Crippen LogP contribution in [0.1, 0.15) is 30.6 Å². The molecule has 3 amide bonds. The van der Waals surface area contributed by atoms with Crippen LogP contribution in [0.15, 0.2) is 24.3 Å². The zero-order valence-electron chi connectivity index (χ0n) is 13.0. The van der Waals surface area contributed by atoms with Gasteiger partial charge in [-0.2, -0.15) is 0 Å². The first-order valence-electron chi connectivity index (χ1n) is 7.58. The Hall–Kier alpha value is -2.11. The number of hydrogen-bond acceptors (Lipinski definition) is 2. The Morgan fingerprint density at radius 3 is 2.41 bits per heavy atom. The molecule has 5 nitrogen and oxygen atoms in total. The fourth-order valence-corrected chi connectivity index (χ4v) is 2.47. The number of benzene rings is 1. The molecule has 1 aromatic carbocycles. The van der Waals surface area contributed by atoms with Crippen molar-refractivity contribution in [2.75, 3.05) is 26.2 Å². The van der Waals surface area contributed by atoms with Gasteiger partial charge in [-0.15, -0.1) is 0 Å². The monoisotopic (exact) mass is 307 g/mol. The molecule has 1 aliphatic rings. The molecule has 0 radical (unpaired) electrons. The summed E-state index contributed by atoms with van der Waals surface area (Å²) in [5.74, 6) is -0.824. The third-order valence-electron chi connectivity index (χ3n) is 3.59. The molecule has 0 unspecified atom stereocenters. The lowest BCUT2D eigenvalue weighted by Gasteiger charge is -2.23. The average Bonchev–Trinajstić information content (AvgIpc) is 2.72. The minimum atomic E-state index is -0.508. The van der Waals surface area contributed by atoms with Gasteiger partial charge in [0.15, 0.2) is 0 Å². The summed E-state index contributed by atoms with van der Waals surface area (Å²) in [5, 5.41) is 2.85. The molecule has 1 aliphatic heterocycles. The molecule has 2 rings (SSSR count). The van der Waals surface area contributed by atoms with Crippen LogP contribution in [-0.2, 0) is 0 Å². The summed E-state index contributed by atoms with van der Waals surface area (Å²) in [6.45, 7) is 5.81. The molecule has 1 aromatic rings. The van der Waals surface area contributed by atoms with Gasteiger partial charge in [-0.3, -0.25) is 4.79 Å². The summed E-state index contributed by atoms with van der Waals surface area (Å²) >= 11 is 0. The van der Waals surface area contributed by atoms with E-state index in [0.717, 1.165) is 0 Å². The normalized spacial score (nSPS) is 15.6. The first-order valence-corrected chi connectivity index (χ1v) is 7.58. The quantitative estimate of drug-likeness (QED) is 0.909. The summed E-state index contributed by atoms with van der Waals surface area (Å²) < 4.78 is 13.7. The van der Waals surface area contributed by atoms with E-state index < -0.39 is 5.82 Å². The minimum Gasteiger partial charge on any atom is -0.337 e. The van der Waals surface area contributed by atoms with Crippen molar-refractivity contribution in [2.24, 2.45) is 0 Å². The summed E-state index contributed by atoms with van der Waals surface area (Å²) in [7, 11) is 0. The van der Waals surface area contributed by atoms with E-state index in [-0.39, 0.29) is 23.5 Å². The van der Waals surface area contributed by atoms with Gasteiger partial charge in [0.1, 0.15) is 5.82 Å². The van der Waals surface area contributed by atoms with E-state index in [1.54, 1.807) is 21.9 Å². The minimum absolute atomic E-state index is 0.0758. The molecular formula is C16H22FN3O2. The third-order valence-corrected chi connectivity index (χ3v) is 3.59. The molecule has 0 saturated carbocycles. The lowest BCUT2D eigenvalue weighted by atomic mass is 10.2. The second kappa shape index (κ2) is 7.24. The van der Waals surface area contributed by atoms with Crippen LogP contribution in [0.3, 0.4) is 0 Å².